The summed E-state index contributed by atoms with van der Waals surface area (Å²) in [6.45, 7) is 7.14. The van der Waals surface area contributed by atoms with Gasteiger partial charge in [0.1, 0.15) is 22.7 Å². The molecule has 2 heterocycles. The minimum atomic E-state index is -0.687. The van der Waals surface area contributed by atoms with Crippen LogP contribution in [0.2, 0.25) is 0 Å². The summed E-state index contributed by atoms with van der Waals surface area (Å²) in [7, 11) is 0. The van der Waals surface area contributed by atoms with Crippen LogP contribution in [-0.2, 0) is 14.3 Å². The van der Waals surface area contributed by atoms with E-state index < -0.39 is 17.6 Å². The van der Waals surface area contributed by atoms with Gasteiger partial charge in [0.2, 0.25) is 0 Å². The number of hydrogen-bond acceptors (Lipinski definition) is 5. The highest BCUT2D eigenvalue weighted by atomic mass is 79.9. The molecule has 0 aliphatic carbocycles. The van der Waals surface area contributed by atoms with Crippen molar-refractivity contribution in [3.8, 4) is 0 Å². The van der Waals surface area contributed by atoms with E-state index in [1.807, 2.05) is 6.07 Å². The van der Waals surface area contributed by atoms with Gasteiger partial charge in [-0.15, -0.1) is 11.8 Å². The molecule has 1 fully saturated rings. The fraction of sp³-hybridized carbons (Fsp3) is 0.421. The van der Waals surface area contributed by atoms with E-state index in [4.69, 9.17) is 4.74 Å². The fourth-order valence-corrected chi connectivity index (χ4v) is 5.01. The second-order valence-corrected chi connectivity index (χ2v) is 10.1. The van der Waals surface area contributed by atoms with Crippen molar-refractivity contribution in [2.75, 3.05) is 0 Å². The van der Waals surface area contributed by atoms with E-state index in [-0.39, 0.29) is 27.0 Å². The van der Waals surface area contributed by atoms with Gasteiger partial charge in [-0.1, -0.05) is 34.1 Å². The molecule has 0 bridgehead atoms. The van der Waals surface area contributed by atoms with Gasteiger partial charge >= 0.3 is 5.97 Å². The minimum Gasteiger partial charge on any atom is -0.455 e. The van der Waals surface area contributed by atoms with E-state index in [1.165, 1.54) is 16.7 Å². The van der Waals surface area contributed by atoms with E-state index in [9.17, 15) is 14.4 Å². The van der Waals surface area contributed by atoms with Crippen LogP contribution in [-0.4, -0.2) is 43.9 Å². The van der Waals surface area contributed by atoms with Gasteiger partial charge in [-0.25, -0.2) is 4.79 Å². The predicted molar refractivity (Wildman–Crippen MR) is 107 cm³/mol. The molecule has 2 aliphatic rings. The SMILES string of the molecule is CC1=C(C(=O)OC(C)(C)C)N2C(=O)C(NC(=O)c3ccccc3)[C@@H]2SC1Br. The average molecular weight is 453 g/mol. The van der Waals surface area contributed by atoms with Crippen LogP contribution in [0, 0.1) is 0 Å². The molecule has 0 saturated carbocycles. The molecule has 8 heteroatoms. The molecule has 1 aromatic carbocycles. The zero-order valence-electron chi connectivity index (χ0n) is 15.5. The van der Waals surface area contributed by atoms with Crippen LogP contribution >= 0.6 is 27.7 Å². The number of halogens is 1. The first-order chi connectivity index (χ1) is 12.6. The number of ether oxygens (including phenoxy) is 1. The van der Waals surface area contributed by atoms with Crippen LogP contribution in [0.15, 0.2) is 41.6 Å². The van der Waals surface area contributed by atoms with Crippen molar-refractivity contribution in [3.63, 3.8) is 0 Å². The normalized spacial score (nSPS) is 24.9. The first kappa shape index (κ1) is 19.9. The van der Waals surface area contributed by atoms with Crippen LogP contribution in [0.25, 0.3) is 0 Å². The number of β-lactam (4-membered cyclic amide) rings is 1. The molecule has 2 unspecified atom stereocenters. The van der Waals surface area contributed by atoms with Crippen LogP contribution in [0.4, 0.5) is 0 Å². The quantitative estimate of drug-likeness (QED) is 0.433. The topological polar surface area (TPSA) is 75.7 Å². The average Bonchev–Trinajstić information content (AvgIpc) is 2.60. The lowest BCUT2D eigenvalue weighted by atomic mass is 10.0. The van der Waals surface area contributed by atoms with Crippen molar-refractivity contribution in [3.05, 3.63) is 47.2 Å². The largest absolute Gasteiger partial charge is 0.455 e. The van der Waals surface area contributed by atoms with Crippen molar-refractivity contribution < 1.29 is 19.1 Å². The Balaban J connectivity index is 1.80. The number of carbonyl (C=O) groups is 3. The standard InChI is InChI=1S/C19H21BrN2O4S/c1-10-13(18(25)26-19(2,3)4)22-16(24)12(17(22)27-14(10)20)21-15(23)11-8-6-5-7-9-11/h5-9,12,14,17H,1-4H3,(H,21,23)/t12?,14?,17-/m0/s1. The molecule has 2 aliphatic heterocycles. The zero-order chi connectivity index (χ0) is 19.9. The van der Waals surface area contributed by atoms with Crippen LogP contribution in [0.1, 0.15) is 38.1 Å². The predicted octanol–water partition coefficient (Wildman–Crippen LogP) is 3.04. The Labute approximate surface area is 170 Å². The number of benzene rings is 1. The number of thioether (sulfide) groups is 1. The van der Waals surface area contributed by atoms with Crippen LogP contribution in [0.3, 0.4) is 0 Å². The second-order valence-electron chi connectivity index (χ2n) is 7.40. The number of fused-ring (bicyclic) bond motifs is 1. The molecule has 3 rings (SSSR count). The summed E-state index contributed by atoms with van der Waals surface area (Å²) in [6, 6.07) is 8.04. The van der Waals surface area contributed by atoms with Gasteiger partial charge in [0.15, 0.2) is 0 Å². The molecular weight excluding hydrogens is 432 g/mol. The van der Waals surface area contributed by atoms with Crippen molar-refractivity contribution in [2.24, 2.45) is 0 Å². The molecule has 0 aromatic heterocycles. The van der Waals surface area contributed by atoms with Gasteiger partial charge in [0.05, 0.1) is 4.16 Å². The third kappa shape index (κ3) is 3.91. The van der Waals surface area contributed by atoms with Crippen molar-refractivity contribution in [2.45, 2.75) is 48.9 Å². The van der Waals surface area contributed by atoms with E-state index in [1.54, 1.807) is 52.0 Å². The number of carbonyl (C=O) groups excluding carboxylic acids is 3. The van der Waals surface area contributed by atoms with Gasteiger partial charge in [-0.05, 0) is 45.4 Å². The number of amides is 2. The van der Waals surface area contributed by atoms with Crippen molar-refractivity contribution in [1.82, 2.24) is 10.2 Å². The maximum Gasteiger partial charge on any atom is 0.355 e. The fourth-order valence-electron chi connectivity index (χ4n) is 2.90. The summed E-state index contributed by atoms with van der Waals surface area (Å²) in [6.07, 6.45) is 0. The Bertz CT molecular complexity index is 819. The van der Waals surface area contributed by atoms with Gasteiger partial charge in [-0.3, -0.25) is 14.5 Å². The molecule has 6 nitrogen and oxygen atoms in total. The van der Waals surface area contributed by atoms with Crippen molar-refractivity contribution in [1.29, 1.82) is 0 Å². The highest BCUT2D eigenvalue weighted by molar-refractivity contribution is 9.11. The molecule has 27 heavy (non-hydrogen) atoms. The highest BCUT2D eigenvalue weighted by Gasteiger charge is 2.55. The lowest BCUT2D eigenvalue weighted by Gasteiger charge is -2.50. The summed E-state index contributed by atoms with van der Waals surface area (Å²) < 4.78 is 5.33. The molecule has 3 atom stereocenters. The van der Waals surface area contributed by atoms with Gasteiger partial charge in [-0.2, -0.15) is 0 Å². The molecular formula is C19H21BrN2O4S. The Kier molecular flexibility index (Phi) is 5.40. The van der Waals surface area contributed by atoms with Crippen LogP contribution < -0.4 is 5.32 Å². The number of nitrogens with zero attached hydrogens (tertiary/aromatic N) is 1. The molecule has 1 N–H and O–H groups in total. The molecule has 0 radical (unpaired) electrons. The minimum absolute atomic E-state index is 0.148. The summed E-state index contributed by atoms with van der Waals surface area (Å²) in [4.78, 5) is 39.2. The highest BCUT2D eigenvalue weighted by Crippen LogP contribution is 2.46. The van der Waals surface area contributed by atoms with E-state index in [0.29, 0.717) is 5.56 Å². The van der Waals surface area contributed by atoms with Gasteiger partial charge in [0, 0.05) is 5.56 Å². The monoisotopic (exact) mass is 452 g/mol. The zero-order valence-corrected chi connectivity index (χ0v) is 17.9. The summed E-state index contributed by atoms with van der Waals surface area (Å²) in [5.41, 5.74) is 0.803. The maximum atomic E-state index is 12.7. The molecule has 1 aromatic rings. The van der Waals surface area contributed by atoms with Gasteiger partial charge < -0.3 is 10.1 Å². The number of esters is 1. The second kappa shape index (κ2) is 7.31. The maximum absolute atomic E-state index is 12.7. The first-order valence-electron chi connectivity index (χ1n) is 8.53. The van der Waals surface area contributed by atoms with Gasteiger partial charge in [0.25, 0.3) is 11.8 Å². The lowest BCUT2D eigenvalue weighted by molar-refractivity contribution is -0.158. The Morgan fingerprint density at radius 3 is 2.44 bits per heavy atom. The Hall–Kier alpha value is -1.80. The van der Waals surface area contributed by atoms with E-state index in [0.717, 1.165) is 5.57 Å². The molecule has 2 amide bonds. The third-order valence-electron chi connectivity index (χ3n) is 4.17. The van der Waals surface area contributed by atoms with Crippen LogP contribution in [0.5, 0.6) is 0 Å². The van der Waals surface area contributed by atoms with E-state index >= 15 is 0 Å². The smallest absolute Gasteiger partial charge is 0.355 e. The van der Waals surface area contributed by atoms with Crippen molar-refractivity contribution >= 4 is 45.5 Å². The number of rotatable bonds is 3. The molecule has 0 spiro atoms. The molecule has 1 saturated heterocycles. The summed E-state index contributed by atoms with van der Waals surface area (Å²) in [5.74, 6) is -1.15. The lowest BCUT2D eigenvalue weighted by Crippen LogP contribution is -2.71. The Morgan fingerprint density at radius 2 is 1.85 bits per heavy atom. The molecule has 144 valence electrons. The third-order valence-corrected chi connectivity index (χ3v) is 6.86. The summed E-state index contributed by atoms with van der Waals surface area (Å²) in [5, 5.41) is 2.42. The number of nitrogens with one attached hydrogen (secondary N) is 1. The number of hydrogen-bond donors (Lipinski definition) is 1. The first-order valence-corrected chi connectivity index (χ1v) is 10.4. The Morgan fingerprint density at radius 1 is 1.22 bits per heavy atom. The summed E-state index contributed by atoms with van der Waals surface area (Å²) >= 11 is 5.02. The number of alkyl halides is 1. The van der Waals surface area contributed by atoms with E-state index in [2.05, 4.69) is 21.2 Å².